The van der Waals surface area contributed by atoms with Crippen LogP contribution in [0.3, 0.4) is 0 Å². The summed E-state index contributed by atoms with van der Waals surface area (Å²) in [5.41, 5.74) is 0.772. The van der Waals surface area contributed by atoms with Gasteiger partial charge in [0.05, 0.1) is 19.9 Å². The molecule has 0 unspecified atom stereocenters. The molecule has 0 aliphatic carbocycles. The van der Waals surface area contributed by atoms with Crippen molar-refractivity contribution >= 4 is 17.4 Å². The van der Waals surface area contributed by atoms with Crippen molar-refractivity contribution in [1.82, 2.24) is 10.2 Å². The van der Waals surface area contributed by atoms with E-state index >= 15 is 0 Å². The molecule has 0 saturated carbocycles. The molecule has 0 spiro atoms. The van der Waals surface area contributed by atoms with Gasteiger partial charge in [-0.1, -0.05) is 19.8 Å². The molecule has 0 atom stereocenters. The molecule has 2 N–H and O–H groups in total. The zero-order chi connectivity index (χ0) is 18.1. The van der Waals surface area contributed by atoms with Gasteiger partial charge in [0.2, 0.25) is 0 Å². The number of unbranched alkanes of at least 4 members (excludes halogenated alkanes) is 2. The van der Waals surface area contributed by atoms with Gasteiger partial charge in [0.15, 0.2) is 5.69 Å². The highest BCUT2D eigenvalue weighted by Gasteiger charge is 2.12. The first-order valence-corrected chi connectivity index (χ1v) is 8.29. The highest BCUT2D eigenvalue weighted by molar-refractivity contribution is 6.03. The number of ether oxygens (including phenoxy) is 2. The van der Waals surface area contributed by atoms with E-state index in [1.54, 1.807) is 37.4 Å². The van der Waals surface area contributed by atoms with Crippen LogP contribution in [-0.2, 0) is 0 Å². The van der Waals surface area contributed by atoms with Gasteiger partial charge in [0.25, 0.3) is 5.91 Å². The second-order valence-corrected chi connectivity index (χ2v) is 5.46. The molecule has 25 heavy (non-hydrogen) atoms. The van der Waals surface area contributed by atoms with E-state index in [1.165, 1.54) is 20.0 Å². The van der Waals surface area contributed by atoms with Crippen molar-refractivity contribution in [1.29, 1.82) is 0 Å². The average Bonchev–Trinajstić information content (AvgIpc) is 2.66. The molecular weight excluding hydrogens is 320 g/mol. The summed E-state index contributed by atoms with van der Waals surface area (Å²) in [6, 6.07) is 8.55. The van der Waals surface area contributed by atoms with Crippen molar-refractivity contribution in [2.24, 2.45) is 0 Å². The molecule has 1 amide bonds. The standard InChI is InChI=1S/C18H24N4O3/c1-4-5-6-11-19-17-10-9-15(21-22-17)18(23)20-14-8-7-13(24-2)12-16(14)25-3/h7-10,12H,4-6,11H2,1-3H3,(H,19,22)(H,20,23). The molecule has 0 radical (unpaired) electrons. The highest BCUT2D eigenvalue weighted by atomic mass is 16.5. The number of benzene rings is 1. The Hall–Kier alpha value is -2.83. The Morgan fingerprint density at radius 1 is 1.08 bits per heavy atom. The van der Waals surface area contributed by atoms with Crippen LogP contribution in [0.5, 0.6) is 11.5 Å². The topological polar surface area (TPSA) is 85.4 Å². The summed E-state index contributed by atoms with van der Waals surface area (Å²) >= 11 is 0. The molecule has 0 bridgehead atoms. The van der Waals surface area contributed by atoms with Crippen molar-refractivity contribution in [3.05, 3.63) is 36.0 Å². The van der Waals surface area contributed by atoms with Crippen LogP contribution < -0.4 is 20.1 Å². The van der Waals surface area contributed by atoms with Gasteiger partial charge in [-0.2, -0.15) is 0 Å². The van der Waals surface area contributed by atoms with Crippen molar-refractivity contribution in [2.75, 3.05) is 31.4 Å². The predicted octanol–water partition coefficient (Wildman–Crippen LogP) is 3.35. The first kappa shape index (κ1) is 18.5. The van der Waals surface area contributed by atoms with Crippen molar-refractivity contribution in [3.63, 3.8) is 0 Å². The third-order valence-corrected chi connectivity index (χ3v) is 3.64. The van der Waals surface area contributed by atoms with Gasteiger partial charge in [0, 0.05) is 12.6 Å². The Kier molecular flexibility index (Phi) is 7.00. The lowest BCUT2D eigenvalue weighted by molar-refractivity contribution is 0.102. The SMILES string of the molecule is CCCCCNc1ccc(C(=O)Nc2ccc(OC)cc2OC)nn1. The number of aromatic nitrogens is 2. The average molecular weight is 344 g/mol. The highest BCUT2D eigenvalue weighted by Crippen LogP contribution is 2.29. The van der Waals surface area contributed by atoms with Gasteiger partial charge in [-0.05, 0) is 30.7 Å². The molecule has 134 valence electrons. The van der Waals surface area contributed by atoms with Gasteiger partial charge in [-0.3, -0.25) is 4.79 Å². The first-order valence-electron chi connectivity index (χ1n) is 8.29. The van der Waals surface area contributed by atoms with E-state index in [0.717, 1.165) is 13.0 Å². The number of nitrogens with zero attached hydrogens (tertiary/aromatic N) is 2. The maximum absolute atomic E-state index is 12.3. The summed E-state index contributed by atoms with van der Waals surface area (Å²) in [5, 5.41) is 14.0. The van der Waals surface area contributed by atoms with Crippen LogP contribution in [0.25, 0.3) is 0 Å². The van der Waals surface area contributed by atoms with Crippen molar-refractivity contribution in [2.45, 2.75) is 26.2 Å². The molecule has 0 fully saturated rings. The van der Waals surface area contributed by atoms with Gasteiger partial charge >= 0.3 is 0 Å². The summed E-state index contributed by atoms with van der Waals surface area (Å²) in [4.78, 5) is 12.3. The molecule has 1 aromatic carbocycles. The van der Waals surface area contributed by atoms with Crippen LogP contribution in [0.1, 0.15) is 36.7 Å². The predicted molar refractivity (Wildman–Crippen MR) is 97.5 cm³/mol. The van der Waals surface area contributed by atoms with Crippen LogP contribution >= 0.6 is 0 Å². The molecule has 0 saturated heterocycles. The molecule has 0 aliphatic heterocycles. The number of methoxy groups -OCH3 is 2. The van der Waals surface area contributed by atoms with Crippen molar-refractivity contribution in [3.8, 4) is 11.5 Å². The number of carbonyl (C=O) groups excluding carboxylic acids is 1. The summed E-state index contributed by atoms with van der Waals surface area (Å²) < 4.78 is 10.4. The summed E-state index contributed by atoms with van der Waals surface area (Å²) in [6.45, 7) is 3.00. The van der Waals surface area contributed by atoms with Crippen molar-refractivity contribution < 1.29 is 14.3 Å². The van der Waals surface area contributed by atoms with E-state index in [1.807, 2.05) is 0 Å². The third kappa shape index (κ3) is 5.34. The van der Waals surface area contributed by atoms with E-state index < -0.39 is 0 Å². The number of anilines is 2. The summed E-state index contributed by atoms with van der Waals surface area (Å²) in [6.07, 6.45) is 3.42. The summed E-state index contributed by atoms with van der Waals surface area (Å²) in [5.74, 6) is 1.46. The fourth-order valence-corrected chi connectivity index (χ4v) is 2.23. The fourth-order valence-electron chi connectivity index (χ4n) is 2.23. The van der Waals surface area contributed by atoms with Crippen LogP contribution in [0.4, 0.5) is 11.5 Å². The minimum Gasteiger partial charge on any atom is -0.497 e. The Bertz CT molecular complexity index is 689. The second kappa shape index (κ2) is 9.46. The van der Waals surface area contributed by atoms with Crippen LogP contribution in [-0.4, -0.2) is 36.9 Å². The van der Waals surface area contributed by atoms with Crippen LogP contribution in [0, 0.1) is 0 Å². The van der Waals surface area contributed by atoms with E-state index in [9.17, 15) is 4.79 Å². The zero-order valence-electron chi connectivity index (χ0n) is 14.8. The fraction of sp³-hybridized carbons (Fsp3) is 0.389. The quantitative estimate of drug-likeness (QED) is 0.679. The monoisotopic (exact) mass is 344 g/mol. The minimum atomic E-state index is -0.353. The van der Waals surface area contributed by atoms with Crippen LogP contribution in [0.2, 0.25) is 0 Å². The zero-order valence-corrected chi connectivity index (χ0v) is 14.8. The van der Waals surface area contributed by atoms with Gasteiger partial charge < -0.3 is 20.1 Å². The van der Waals surface area contributed by atoms with E-state index in [-0.39, 0.29) is 11.6 Å². The maximum Gasteiger partial charge on any atom is 0.276 e. The number of hydrogen-bond acceptors (Lipinski definition) is 6. The number of rotatable bonds is 9. The molecule has 7 heteroatoms. The Morgan fingerprint density at radius 2 is 1.92 bits per heavy atom. The summed E-state index contributed by atoms with van der Waals surface area (Å²) in [7, 11) is 3.10. The van der Waals surface area contributed by atoms with Gasteiger partial charge in [-0.15, -0.1) is 10.2 Å². The largest absolute Gasteiger partial charge is 0.497 e. The van der Waals surface area contributed by atoms with E-state index in [4.69, 9.17) is 9.47 Å². The number of hydrogen-bond donors (Lipinski definition) is 2. The lowest BCUT2D eigenvalue weighted by Gasteiger charge is -2.11. The maximum atomic E-state index is 12.3. The van der Waals surface area contributed by atoms with E-state index in [0.29, 0.717) is 23.0 Å². The first-order chi connectivity index (χ1) is 12.2. The molecule has 7 nitrogen and oxygen atoms in total. The third-order valence-electron chi connectivity index (χ3n) is 3.64. The molecule has 1 heterocycles. The Morgan fingerprint density at radius 3 is 2.56 bits per heavy atom. The molecule has 1 aromatic heterocycles. The number of carbonyl (C=O) groups is 1. The normalized spacial score (nSPS) is 10.2. The number of nitrogens with one attached hydrogen (secondary N) is 2. The Labute approximate surface area is 147 Å². The smallest absolute Gasteiger partial charge is 0.276 e. The van der Waals surface area contributed by atoms with E-state index in [2.05, 4.69) is 27.8 Å². The molecule has 2 rings (SSSR count). The van der Waals surface area contributed by atoms with Gasteiger partial charge in [-0.25, -0.2) is 0 Å². The molecule has 2 aromatic rings. The molecule has 0 aliphatic rings. The molecular formula is C18H24N4O3. The van der Waals surface area contributed by atoms with Gasteiger partial charge in [0.1, 0.15) is 17.3 Å². The minimum absolute atomic E-state index is 0.233. The number of amides is 1. The Balaban J connectivity index is 1.99. The lowest BCUT2D eigenvalue weighted by atomic mass is 10.2. The lowest BCUT2D eigenvalue weighted by Crippen LogP contribution is -2.15. The second-order valence-electron chi connectivity index (χ2n) is 5.46. The van der Waals surface area contributed by atoms with Crippen LogP contribution in [0.15, 0.2) is 30.3 Å².